The fourth-order valence-electron chi connectivity index (χ4n) is 2.77. The van der Waals surface area contributed by atoms with Crippen LogP contribution >= 0.6 is 11.8 Å². The van der Waals surface area contributed by atoms with E-state index < -0.39 is 17.9 Å². The van der Waals surface area contributed by atoms with Crippen LogP contribution < -0.4 is 5.32 Å². The van der Waals surface area contributed by atoms with Gasteiger partial charge in [0.2, 0.25) is 0 Å². The minimum atomic E-state index is -0.617. The predicted molar refractivity (Wildman–Crippen MR) is 103 cm³/mol. The van der Waals surface area contributed by atoms with E-state index in [1.54, 1.807) is 22.7 Å². The molecule has 0 spiro atoms. The number of ether oxygens (including phenoxy) is 1. The molecule has 144 valence electrons. The summed E-state index contributed by atoms with van der Waals surface area (Å²) in [6.07, 6.45) is 2.52. The number of unbranched alkanes of at least 4 members (excludes halogenated alkanes) is 1. The maximum Gasteiger partial charge on any atom is 0.329 e. The second-order valence-corrected chi connectivity index (χ2v) is 8.01. The van der Waals surface area contributed by atoms with E-state index in [4.69, 9.17) is 4.74 Å². The monoisotopic (exact) mass is 382 g/mol. The van der Waals surface area contributed by atoms with Gasteiger partial charge in [-0.2, -0.15) is 0 Å². The summed E-state index contributed by atoms with van der Waals surface area (Å²) in [6.45, 7) is 6.55. The van der Waals surface area contributed by atoms with Gasteiger partial charge >= 0.3 is 12.0 Å². The van der Waals surface area contributed by atoms with Gasteiger partial charge in [0.15, 0.2) is 0 Å². The molecule has 0 radical (unpaired) electrons. The van der Waals surface area contributed by atoms with E-state index in [0.717, 1.165) is 19.3 Å². The van der Waals surface area contributed by atoms with Gasteiger partial charge in [-0.1, -0.05) is 33.3 Å². The molecule has 5 nitrogen and oxygen atoms in total. The van der Waals surface area contributed by atoms with Gasteiger partial charge in [0, 0.05) is 11.4 Å². The molecule has 2 amide bonds. The SMILES string of the molecule is CCCCOC(=O)C1CSC(CC(C)C)N1C(=O)Nc1cccc(F)c1. The first-order chi connectivity index (χ1) is 12.4. The Hall–Kier alpha value is -1.76. The zero-order chi connectivity index (χ0) is 19.1. The molecule has 1 N–H and O–H groups in total. The van der Waals surface area contributed by atoms with Crippen LogP contribution in [0.2, 0.25) is 0 Å². The summed E-state index contributed by atoms with van der Waals surface area (Å²) >= 11 is 1.59. The zero-order valence-electron chi connectivity index (χ0n) is 15.5. The van der Waals surface area contributed by atoms with Crippen molar-refractivity contribution in [1.82, 2.24) is 4.90 Å². The third-order valence-electron chi connectivity index (χ3n) is 4.09. The molecule has 1 saturated heterocycles. The van der Waals surface area contributed by atoms with Crippen molar-refractivity contribution in [2.24, 2.45) is 5.92 Å². The Morgan fingerprint density at radius 3 is 2.85 bits per heavy atom. The van der Waals surface area contributed by atoms with Crippen molar-refractivity contribution in [3.63, 3.8) is 0 Å². The van der Waals surface area contributed by atoms with Gasteiger partial charge in [-0.3, -0.25) is 4.90 Å². The van der Waals surface area contributed by atoms with Crippen LogP contribution in [0.25, 0.3) is 0 Å². The molecule has 1 aliphatic heterocycles. The number of hydrogen-bond acceptors (Lipinski definition) is 4. The highest BCUT2D eigenvalue weighted by molar-refractivity contribution is 8.00. The number of carbonyl (C=O) groups excluding carboxylic acids is 2. The molecular weight excluding hydrogens is 355 g/mol. The van der Waals surface area contributed by atoms with Crippen LogP contribution in [-0.2, 0) is 9.53 Å². The molecule has 0 aliphatic carbocycles. The molecule has 0 saturated carbocycles. The third kappa shape index (κ3) is 5.62. The van der Waals surface area contributed by atoms with Gasteiger partial charge in [0.05, 0.1) is 12.0 Å². The van der Waals surface area contributed by atoms with Gasteiger partial charge in [-0.15, -0.1) is 11.8 Å². The Labute approximate surface area is 158 Å². The minimum Gasteiger partial charge on any atom is -0.464 e. The Bertz CT molecular complexity index is 627. The van der Waals surface area contributed by atoms with E-state index >= 15 is 0 Å². The number of thioether (sulfide) groups is 1. The summed E-state index contributed by atoms with van der Waals surface area (Å²) in [5, 5.41) is 2.60. The van der Waals surface area contributed by atoms with Crippen LogP contribution in [0.5, 0.6) is 0 Å². The number of hydrogen-bond donors (Lipinski definition) is 1. The Morgan fingerprint density at radius 2 is 2.19 bits per heavy atom. The van der Waals surface area contributed by atoms with E-state index in [1.165, 1.54) is 18.2 Å². The maximum absolute atomic E-state index is 13.4. The molecule has 1 fully saturated rings. The minimum absolute atomic E-state index is 0.104. The molecule has 7 heteroatoms. The van der Waals surface area contributed by atoms with Crippen LogP contribution in [0.15, 0.2) is 24.3 Å². The fraction of sp³-hybridized carbons (Fsp3) is 0.579. The van der Waals surface area contributed by atoms with Gasteiger partial charge < -0.3 is 10.1 Å². The molecule has 2 atom stereocenters. The van der Waals surface area contributed by atoms with Crippen molar-refractivity contribution in [2.75, 3.05) is 17.7 Å². The molecule has 1 heterocycles. The number of carbonyl (C=O) groups is 2. The van der Waals surface area contributed by atoms with Crippen LogP contribution in [0.4, 0.5) is 14.9 Å². The average molecular weight is 383 g/mol. The number of rotatable bonds is 7. The number of esters is 1. The van der Waals surface area contributed by atoms with Crippen molar-refractivity contribution in [1.29, 1.82) is 0 Å². The first-order valence-electron chi connectivity index (χ1n) is 9.05. The maximum atomic E-state index is 13.4. The molecule has 1 aromatic rings. The zero-order valence-corrected chi connectivity index (χ0v) is 16.4. The van der Waals surface area contributed by atoms with Gasteiger partial charge in [0.1, 0.15) is 11.9 Å². The highest BCUT2D eigenvalue weighted by Crippen LogP contribution is 2.34. The normalized spacial score (nSPS) is 19.7. The number of halogens is 1. The van der Waals surface area contributed by atoms with Crippen molar-refractivity contribution in [3.8, 4) is 0 Å². The highest BCUT2D eigenvalue weighted by Gasteiger charge is 2.42. The van der Waals surface area contributed by atoms with E-state index in [-0.39, 0.29) is 11.3 Å². The molecule has 0 aromatic heterocycles. The van der Waals surface area contributed by atoms with Crippen LogP contribution in [0, 0.1) is 11.7 Å². The number of urea groups is 1. The van der Waals surface area contributed by atoms with E-state index in [0.29, 0.717) is 24.0 Å². The first-order valence-corrected chi connectivity index (χ1v) is 10.1. The average Bonchev–Trinajstić information content (AvgIpc) is 2.98. The van der Waals surface area contributed by atoms with Gasteiger partial charge in [0.25, 0.3) is 0 Å². The smallest absolute Gasteiger partial charge is 0.329 e. The van der Waals surface area contributed by atoms with E-state index in [2.05, 4.69) is 19.2 Å². The fourth-order valence-corrected chi connectivity index (χ4v) is 4.40. The molecule has 0 bridgehead atoms. The van der Waals surface area contributed by atoms with Crippen LogP contribution in [0.1, 0.15) is 40.0 Å². The Balaban J connectivity index is 2.12. The third-order valence-corrected chi connectivity index (χ3v) is 5.40. The van der Waals surface area contributed by atoms with Crippen LogP contribution in [0.3, 0.4) is 0 Å². The number of anilines is 1. The summed E-state index contributed by atoms with van der Waals surface area (Å²) < 4.78 is 18.7. The Morgan fingerprint density at radius 1 is 1.42 bits per heavy atom. The lowest BCUT2D eigenvalue weighted by Gasteiger charge is -2.29. The predicted octanol–water partition coefficient (Wildman–Crippen LogP) is 4.49. The molecule has 1 aliphatic rings. The summed E-state index contributed by atoms with van der Waals surface area (Å²) in [5.74, 6) is 0.102. The number of amides is 2. The molecular formula is C19H27FN2O3S. The highest BCUT2D eigenvalue weighted by atomic mass is 32.2. The summed E-state index contributed by atoms with van der Waals surface area (Å²) in [4.78, 5) is 26.8. The topological polar surface area (TPSA) is 58.6 Å². The van der Waals surface area contributed by atoms with Gasteiger partial charge in [-0.05, 0) is 37.0 Å². The van der Waals surface area contributed by atoms with Crippen molar-refractivity contribution < 1.29 is 18.7 Å². The summed E-state index contributed by atoms with van der Waals surface area (Å²) in [5.41, 5.74) is 0.369. The second kappa shape index (κ2) is 9.80. The summed E-state index contributed by atoms with van der Waals surface area (Å²) in [7, 11) is 0. The number of benzene rings is 1. The quantitative estimate of drug-likeness (QED) is 0.558. The van der Waals surface area contributed by atoms with Crippen molar-refractivity contribution in [2.45, 2.75) is 51.4 Å². The van der Waals surface area contributed by atoms with Crippen molar-refractivity contribution >= 4 is 29.4 Å². The Kier molecular flexibility index (Phi) is 7.75. The van der Waals surface area contributed by atoms with Crippen molar-refractivity contribution in [3.05, 3.63) is 30.1 Å². The lowest BCUT2D eigenvalue weighted by Crippen LogP contribution is -2.48. The molecule has 26 heavy (non-hydrogen) atoms. The van der Waals surface area contributed by atoms with Crippen LogP contribution in [-0.4, -0.2) is 40.7 Å². The largest absolute Gasteiger partial charge is 0.464 e. The van der Waals surface area contributed by atoms with E-state index in [9.17, 15) is 14.0 Å². The molecule has 2 unspecified atom stereocenters. The lowest BCUT2D eigenvalue weighted by atomic mass is 10.1. The van der Waals surface area contributed by atoms with E-state index in [1.807, 2.05) is 6.92 Å². The summed E-state index contributed by atoms with van der Waals surface area (Å²) in [6, 6.07) is 4.71. The second-order valence-electron chi connectivity index (χ2n) is 6.80. The molecule has 1 aromatic carbocycles. The lowest BCUT2D eigenvalue weighted by molar-refractivity contribution is -0.148. The number of nitrogens with one attached hydrogen (secondary N) is 1. The standard InChI is InChI=1S/C19H27FN2O3S/c1-4-5-9-25-18(23)16-12-26-17(10-13(2)3)22(16)19(24)21-15-8-6-7-14(20)11-15/h6-8,11,13,16-17H,4-5,9-10,12H2,1-3H3,(H,21,24). The first kappa shape index (κ1) is 20.6. The van der Waals surface area contributed by atoms with Gasteiger partial charge in [-0.25, -0.2) is 14.0 Å². The molecule has 2 rings (SSSR count). The number of nitrogens with zero attached hydrogens (tertiary/aromatic N) is 1.